The number of carboxylic acids is 1. The average molecular weight is 314 g/mol. The summed E-state index contributed by atoms with van der Waals surface area (Å²) in [5.41, 5.74) is -1.02. The smallest absolute Gasteiger partial charge is 0.410 e. The van der Waals surface area contributed by atoms with Gasteiger partial charge in [0.2, 0.25) is 0 Å². The summed E-state index contributed by atoms with van der Waals surface area (Å²) in [7, 11) is 1.97. The van der Waals surface area contributed by atoms with Gasteiger partial charge in [0, 0.05) is 19.1 Å². The molecule has 0 aromatic heterocycles. The Hall–Kier alpha value is -1.30. The lowest BCUT2D eigenvalue weighted by Gasteiger charge is -2.55. The molecule has 0 radical (unpaired) electrons. The Kier molecular flexibility index (Phi) is 5.84. The molecule has 1 fully saturated rings. The zero-order valence-corrected chi connectivity index (χ0v) is 14.7. The minimum Gasteiger partial charge on any atom is -0.481 e. The van der Waals surface area contributed by atoms with E-state index in [2.05, 4.69) is 18.7 Å². The average Bonchev–Trinajstić information content (AvgIpc) is 2.31. The third-order valence-electron chi connectivity index (χ3n) is 4.34. The third-order valence-corrected chi connectivity index (χ3v) is 4.34. The molecule has 1 aliphatic heterocycles. The first-order valence-corrected chi connectivity index (χ1v) is 7.97. The number of carbonyl (C=O) groups is 2. The van der Waals surface area contributed by atoms with Gasteiger partial charge in [-0.3, -0.25) is 9.69 Å². The molecular formula is C16H30N2O4. The van der Waals surface area contributed by atoms with Crippen molar-refractivity contribution in [2.45, 2.75) is 71.1 Å². The molecule has 128 valence electrons. The van der Waals surface area contributed by atoms with E-state index >= 15 is 0 Å². The van der Waals surface area contributed by atoms with Crippen LogP contribution < -0.4 is 0 Å². The lowest BCUT2D eigenvalue weighted by atomic mass is 9.83. The molecule has 1 heterocycles. The Balaban J connectivity index is 2.79. The first-order valence-electron chi connectivity index (χ1n) is 7.97. The molecule has 1 saturated heterocycles. The lowest BCUT2D eigenvalue weighted by Crippen LogP contribution is -2.72. The fourth-order valence-electron chi connectivity index (χ4n) is 3.08. The zero-order valence-electron chi connectivity index (χ0n) is 14.7. The van der Waals surface area contributed by atoms with Crippen LogP contribution in [0.2, 0.25) is 0 Å². The molecule has 0 spiro atoms. The van der Waals surface area contributed by atoms with Crippen LogP contribution in [0.5, 0.6) is 0 Å². The van der Waals surface area contributed by atoms with Crippen molar-refractivity contribution >= 4 is 12.1 Å². The highest BCUT2D eigenvalue weighted by atomic mass is 16.6. The maximum atomic E-state index is 12.1. The Bertz CT molecular complexity index is 407. The monoisotopic (exact) mass is 314 g/mol. The van der Waals surface area contributed by atoms with Crippen LogP contribution in [0, 0.1) is 0 Å². The van der Waals surface area contributed by atoms with Gasteiger partial charge in [0.05, 0.1) is 12.0 Å². The number of carbonyl (C=O) groups excluding carboxylic acids is 1. The van der Waals surface area contributed by atoms with Crippen molar-refractivity contribution < 1.29 is 19.4 Å². The number of hydrogen-bond donors (Lipinski definition) is 1. The van der Waals surface area contributed by atoms with E-state index in [1.165, 1.54) is 0 Å². The van der Waals surface area contributed by atoms with Crippen LogP contribution >= 0.6 is 0 Å². The fraction of sp³-hybridized carbons (Fsp3) is 0.875. The van der Waals surface area contributed by atoms with Crippen molar-refractivity contribution in [1.29, 1.82) is 0 Å². The summed E-state index contributed by atoms with van der Waals surface area (Å²) in [6, 6.07) is 0.320. The van der Waals surface area contributed by atoms with E-state index in [0.717, 1.165) is 12.8 Å². The third kappa shape index (κ3) is 4.35. The summed E-state index contributed by atoms with van der Waals surface area (Å²) in [5.74, 6) is -0.832. The highest BCUT2D eigenvalue weighted by Crippen LogP contribution is 2.34. The Morgan fingerprint density at radius 1 is 1.27 bits per heavy atom. The molecule has 1 rings (SSSR count). The van der Waals surface area contributed by atoms with Crippen LogP contribution in [0.1, 0.15) is 53.9 Å². The predicted molar refractivity (Wildman–Crippen MR) is 84.9 cm³/mol. The number of hydrogen-bond acceptors (Lipinski definition) is 4. The van der Waals surface area contributed by atoms with E-state index in [1.54, 1.807) is 4.90 Å². The maximum Gasteiger partial charge on any atom is 0.410 e. The van der Waals surface area contributed by atoms with Gasteiger partial charge in [-0.25, -0.2) is 4.79 Å². The van der Waals surface area contributed by atoms with Gasteiger partial charge in [-0.2, -0.15) is 0 Å². The maximum absolute atomic E-state index is 12.1. The quantitative estimate of drug-likeness (QED) is 0.816. The number of amides is 1. The molecule has 6 nitrogen and oxygen atoms in total. The van der Waals surface area contributed by atoms with E-state index in [0.29, 0.717) is 19.1 Å². The van der Waals surface area contributed by atoms with E-state index in [-0.39, 0.29) is 12.5 Å². The molecule has 0 bridgehead atoms. The molecule has 1 aliphatic rings. The number of likely N-dealkylation sites (tertiary alicyclic amines) is 1. The van der Waals surface area contributed by atoms with Crippen LogP contribution in [0.3, 0.4) is 0 Å². The van der Waals surface area contributed by atoms with Gasteiger partial charge in [0.15, 0.2) is 0 Å². The summed E-state index contributed by atoms with van der Waals surface area (Å²) in [6.07, 6.45) is 1.59. The van der Waals surface area contributed by atoms with Crippen LogP contribution in [0.25, 0.3) is 0 Å². The van der Waals surface area contributed by atoms with Crippen molar-refractivity contribution in [3.63, 3.8) is 0 Å². The first-order chi connectivity index (χ1) is 10.0. The minimum absolute atomic E-state index is 0.0410. The molecule has 0 saturated carbocycles. The second-order valence-electron chi connectivity index (χ2n) is 7.21. The molecule has 1 N–H and O–H groups in total. The van der Waals surface area contributed by atoms with Gasteiger partial charge in [-0.1, -0.05) is 13.8 Å². The summed E-state index contributed by atoms with van der Waals surface area (Å²) in [4.78, 5) is 27.1. The second-order valence-corrected chi connectivity index (χ2v) is 7.21. The van der Waals surface area contributed by atoms with Crippen molar-refractivity contribution in [1.82, 2.24) is 9.80 Å². The number of ether oxygens (including phenoxy) is 1. The lowest BCUT2D eigenvalue weighted by molar-refractivity contribution is -0.146. The van der Waals surface area contributed by atoms with Crippen LogP contribution in [0.15, 0.2) is 0 Å². The Morgan fingerprint density at radius 3 is 2.14 bits per heavy atom. The van der Waals surface area contributed by atoms with Crippen molar-refractivity contribution in [3.05, 3.63) is 0 Å². The Labute approximate surface area is 133 Å². The first kappa shape index (κ1) is 18.7. The number of carboxylic acid groups (broad SMARTS) is 1. The zero-order chi connectivity index (χ0) is 17.1. The van der Waals surface area contributed by atoms with Crippen LogP contribution in [0.4, 0.5) is 4.79 Å². The minimum atomic E-state index is -0.832. The van der Waals surface area contributed by atoms with Gasteiger partial charge in [0.25, 0.3) is 0 Å². The van der Waals surface area contributed by atoms with Gasteiger partial charge in [-0.15, -0.1) is 0 Å². The molecule has 6 heteroatoms. The molecule has 22 heavy (non-hydrogen) atoms. The van der Waals surface area contributed by atoms with Crippen molar-refractivity contribution in [2.24, 2.45) is 0 Å². The summed E-state index contributed by atoms with van der Waals surface area (Å²) >= 11 is 0. The molecule has 0 atom stereocenters. The number of rotatable bonds is 6. The molecular weight excluding hydrogens is 284 g/mol. The van der Waals surface area contributed by atoms with Gasteiger partial charge in [-0.05, 0) is 40.7 Å². The fourth-order valence-corrected chi connectivity index (χ4v) is 3.08. The normalized spacial score (nSPS) is 17.5. The standard InChI is InChI=1S/C16H30N2O4/c1-7-12(8-2)17(6)16(9-13(19)20)10-18(11-16)14(21)22-15(3,4)5/h12H,7-11H2,1-6H3,(H,19,20). The molecule has 0 aromatic carbocycles. The molecule has 0 aromatic rings. The Morgan fingerprint density at radius 2 is 1.77 bits per heavy atom. The van der Waals surface area contributed by atoms with Crippen LogP contribution in [-0.4, -0.2) is 64.3 Å². The summed E-state index contributed by atoms with van der Waals surface area (Å²) in [5, 5.41) is 9.24. The summed E-state index contributed by atoms with van der Waals surface area (Å²) in [6.45, 7) is 10.5. The summed E-state index contributed by atoms with van der Waals surface area (Å²) < 4.78 is 5.35. The number of nitrogens with zero attached hydrogens (tertiary/aromatic N) is 2. The van der Waals surface area contributed by atoms with Crippen LogP contribution in [-0.2, 0) is 9.53 Å². The van der Waals surface area contributed by atoms with Gasteiger partial charge >= 0.3 is 12.1 Å². The second kappa shape index (κ2) is 6.86. The van der Waals surface area contributed by atoms with E-state index in [9.17, 15) is 14.7 Å². The van der Waals surface area contributed by atoms with E-state index in [1.807, 2.05) is 27.8 Å². The van der Waals surface area contributed by atoms with Crippen molar-refractivity contribution in [3.8, 4) is 0 Å². The molecule has 0 aliphatic carbocycles. The highest BCUT2D eigenvalue weighted by Gasteiger charge is 2.51. The van der Waals surface area contributed by atoms with Gasteiger partial charge < -0.3 is 14.7 Å². The SMILES string of the molecule is CCC(CC)N(C)C1(CC(=O)O)CN(C(=O)OC(C)(C)C)C1. The number of likely N-dealkylation sites (N-methyl/N-ethyl adjacent to an activating group) is 1. The molecule has 0 unspecified atom stereocenters. The number of aliphatic carboxylic acids is 1. The van der Waals surface area contributed by atoms with E-state index in [4.69, 9.17) is 4.74 Å². The molecule has 1 amide bonds. The van der Waals surface area contributed by atoms with E-state index < -0.39 is 17.1 Å². The van der Waals surface area contributed by atoms with Gasteiger partial charge in [0.1, 0.15) is 5.60 Å². The highest BCUT2D eigenvalue weighted by molar-refractivity contribution is 5.73. The predicted octanol–water partition coefficient (Wildman–Crippen LogP) is 2.57. The largest absolute Gasteiger partial charge is 0.481 e. The van der Waals surface area contributed by atoms with Crippen molar-refractivity contribution in [2.75, 3.05) is 20.1 Å². The topological polar surface area (TPSA) is 70.1 Å².